The minimum Gasteiger partial charge on any atom is -0.496 e. The summed E-state index contributed by atoms with van der Waals surface area (Å²) in [6, 6.07) is 7.16. The van der Waals surface area contributed by atoms with Crippen LogP contribution >= 0.6 is 11.6 Å². The molecular weight excluding hydrogens is 302 g/mol. The van der Waals surface area contributed by atoms with Gasteiger partial charge in [-0.15, -0.1) is 0 Å². The highest BCUT2D eigenvalue weighted by Gasteiger charge is 2.23. The smallest absolute Gasteiger partial charge is 0.230 e. The van der Waals surface area contributed by atoms with Gasteiger partial charge in [0.15, 0.2) is 0 Å². The van der Waals surface area contributed by atoms with Crippen molar-refractivity contribution in [2.45, 2.75) is 25.8 Å². The van der Waals surface area contributed by atoms with Crippen molar-refractivity contribution in [2.24, 2.45) is 5.92 Å². The average Bonchev–Trinajstić information content (AvgIpc) is 3.21. The van der Waals surface area contributed by atoms with Gasteiger partial charge in [-0.3, -0.25) is 4.79 Å². The second-order valence-electron chi connectivity index (χ2n) is 5.49. The number of benzene rings is 1. The predicted octanol–water partition coefficient (Wildman–Crippen LogP) is 3.14. The van der Waals surface area contributed by atoms with Crippen LogP contribution in [-0.2, 0) is 17.8 Å². The van der Waals surface area contributed by atoms with E-state index in [4.69, 9.17) is 16.3 Å². The molecule has 1 N–H and O–H groups in total. The van der Waals surface area contributed by atoms with E-state index in [0.29, 0.717) is 22.3 Å². The molecule has 1 saturated carbocycles. The van der Waals surface area contributed by atoms with Gasteiger partial charge in [-0.2, -0.15) is 5.10 Å². The zero-order valence-corrected chi connectivity index (χ0v) is 13.1. The first-order chi connectivity index (χ1) is 10.7. The van der Waals surface area contributed by atoms with Crippen LogP contribution in [0.1, 0.15) is 18.4 Å². The lowest BCUT2D eigenvalue weighted by Gasteiger charge is -2.11. The van der Waals surface area contributed by atoms with E-state index >= 15 is 0 Å². The molecule has 1 aliphatic carbocycles. The Bertz CT molecular complexity index is 680. The molecule has 0 spiro atoms. The number of methoxy groups -OCH3 is 1. The second kappa shape index (κ2) is 6.40. The van der Waals surface area contributed by atoms with E-state index in [9.17, 15) is 4.79 Å². The van der Waals surface area contributed by atoms with Gasteiger partial charge in [-0.25, -0.2) is 4.68 Å². The molecule has 1 amide bonds. The van der Waals surface area contributed by atoms with Crippen molar-refractivity contribution >= 4 is 23.3 Å². The largest absolute Gasteiger partial charge is 0.496 e. The Morgan fingerprint density at radius 1 is 1.45 bits per heavy atom. The number of aromatic nitrogens is 2. The maximum atomic E-state index is 12.3. The van der Waals surface area contributed by atoms with Crippen LogP contribution in [0.3, 0.4) is 0 Å². The molecule has 2 aromatic rings. The Labute approximate surface area is 134 Å². The highest BCUT2D eigenvalue weighted by molar-refractivity contribution is 6.31. The predicted molar refractivity (Wildman–Crippen MR) is 85.3 cm³/mol. The van der Waals surface area contributed by atoms with E-state index in [1.807, 2.05) is 10.7 Å². The van der Waals surface area contributed by atoms with Crippen molar-refractivity contribution in [2.75, 3.05) is 12.4 Å². The van der Waals surface area contributed by atoms with Gasteiger partial charge in [0.1, 0.15) is 11.6 Å². The normalized spacial score (nSPS) is 13.9. The van der Waals surface area contributed by atoms with Gasteiger partial charge < -0.3 is 10.1 Å². The van der Waals surface area contributed by atoms with E-state index in [1.165, 1.54) is 12.8 Å². The van der Waals surface area contributed by atoms with Crippen molar-refractivity contribution in [3.8, 4) is 5.75 Å². The second-order valence-corrected chi connectivity index (χ2v) is 5.89. The first-order valence-electron chi connectivity index (χ1n) is 7.30. The minimum atomic E-state index is -0.135. The van der Waals surface area contributed by atoms with E-state index < -0.39 is 0 Å². The summed E-state index contributed by atoms with van der Waals surface area (Å²) < 4.78 is 7.11. The summed E-state index contributed by atoms with van der Waals surface area (Å²) in [6.45, 7) is 0.859. The molecule has 1 aromatic carbocycles. The maximum Gasteiger partial charge on any atom is 0.230 e. The molecule has 5 nitrogen and oxygen atoms in total. The van der Waals surface area contributed by atoms with Crippen LogP contribution in [0, 0.1) is 5.92 Å². The van der Waals surface area contributed by atoms with E-state index in [1.54, 1.807) is 31.5 Å². The van der Waals surface area contributed by atoms with E-state index in [0.717, 1.165) is 12.4 Å². The summed E-state index contributed by atoms with van der Waals surface area (Å²) in [5.74, 6) is 1.90. The van der Waals surface area contributed by atoms with Gasteiger partial charge in [-0.05, 0) is 30.9 Å². The molecule has 0 atom stereocenters. The Balaban J connectivity index is 1.69. The van der Waals surface area contributed by atoms with Crippen LogP contribution in [0.5, 0.6) is 5.75 Å². The number of rotatable bonds is 6. The quantitative estimate of drug-likeness (QED) is 0.890. The molecule has 1 heterocycles. The summed E-state index contributed by atoms with van der Waals surface area (Å²) in [6.07, 6.45) is 4.35. The highest BCUT2D eigenvalue weighted by Crippen LogP contribution is 2.31. The van der Waals surface area contributed by atoms with Gasteiger partial charge in [0.2, 0.25) is 5.91 Å². The van der Waals surface area contributed by atoms with Crippen molar-refractivity contribution < 1.29 is 9.53 Å². The lowest BCUT2D eigenvalue weighted by Crippen LogP contribution is -2.18. The van der Waals surface area contributed by atoms with Crippen LogP contribution in [0.2, 0.25) is 5.02 Å². The van der Waals surface area contributed by atoms with Crippen molar-refractivity contribution in [3.63, 3.8) is 0 Å². The number of anilines is 1. The number of nitrogens with one attached hydrogen (secondary N) is 1. The molecule has 116 valence electrons. The molecule has 3 rings (SSSR count). The maximum absolute atomic E-state index is 12.3. The fourth-order valence-electron chi connectivity index (χ4n) is 2.38. The molecule has 1 fully saturated rings. The molecular formula is C16H18ClN3O2. The van der Waals surface area contributed by atoms with Crippen molar-refractivity contribution in [1.29, 1.82) is 0 Å². The fraction of sp³-hybridized carbons (Fsp3) is 0.375. The SMILES string of the molecule is COc1cccc(Cl)c1CC(=O)Nc1ccnn1CC1CC1. The van der Waals surface area contributed by atoms with Gasteiger partial charge in [0, 0.05) is 23.2 Å². The highest BCUT2D eigenvalue weighted by atomic mass is 35.5. The number of hydrogen-bond acceptors (Lipinski definition) is 3. The zero-order chi connectivity index (χ0) is 15.5. The van der Waals surface area contributed by atoms with Gasteiger partial charge in [0.05, 0.1) is 19.7 Å². The lowest BCUT2D eigenvalue weighted by molar-refractivity contribution is -0.115. The van der Waals surface area contributed by atoms with Crippen LogP contribution in [-0.4, -0.2) is 22.8 Å². The fourth-order valence-corrected chi connectivity index (χ4v) is 2.61. The molecule has 22 heavy (non-hydrogen) atoms. The Morgan fingerprint density at radius 2 is 2.27 bits per heavy atom. The van der Waals surface area contributed by atoms with E-state index in [2.05, 4.69) is 10.4 Å². The number of hydrogen-bond donors (Lipinski definition) is 1. The molecule has 0 unspecified atom stereocenters. The third kappa shape index (κ3) is 3.42. The Kier molecular flexibility index (Phi) is 4.34. The molecule has 0 radical (unpaired) electrons. The average molecular weight is 320 g/mol. The van der Waals surface area contributed by atoms with Crippen LogP contribution in [0.15, 0.2) is 30.5 Å². The monoisotopic (exact) mass is 319 g/mol. The molecule has 1 aromatic heterocycles. The molecule has 0 saturated heterocycles. The number of amides is 1. The van der Waals surface area contributed by atoms with E-state index in [-0.39, 0.29) is 12.3 Å². The zero-order valence-electron chi connectivity index (χ0n) is 12.4. The van der Waals surface area contributed by atoms with Gasteiger partial charge in [-0.1, -0.05) is 17.7 Å². The third-order valence-corrected chi connectivity index (χ3v) is 4.10. The number of nitrogens with zero attached hydrogens (tertiary/aromatic N) is 2. The van der Waals surface area contributed by atoms with Gasteiger partial charge >= 0.3 is 0 Å². The summed E-state index contributed by atoms with van der Waals surface area (Å²) in [5, 5.41) is 7.69. The van der Waals surface area contributed by atoms with Gasteiger partial charge in [0.25, 0.3) is 0 Å². The summed E-state index contributed by atoms with van der Waals surface area (Å²) in [7, 11) is 1.57. The van der Waals surface area contributed by atoms with Crippen molar-refractivity contribution in [1.82, 2.24) is 9.78 Å². The molecule has 1 aliphatic rings. The Hall–Kier alpha value is -2.01. The third-order valence-electron chi connectivity index (χ3n) is 3.75. The standard InChI is InChI=1S/C16H18ClN3O2/c1-22-14-4-2-3-13(17)12(14)9-16(21)19-15-7-8-18-20(15)10-11-5-6-11/h2-4,7-8,11H,5-6,9-10H2,1H3,(H,19,21). The first kappa shape index (κ1) is 14.9. The summed E-state index contributed by atoms with van der Waals surface area (Å²) >= 11 is 6.16. The number of ether oxygens (including phenoxy) is 1. The minimum absolute atomic E-state index is 0.135. The number of halogens is 1. The van der Waals surface area contributed by atoms with Crippen LogP contribution in [0.4, 0.5) is 5.82 Å². The summed E-state index contributed by atoms with van der Waals surface area (Å²) in [5.41, 5.74) is 0.692. The number of carbonyl (C=O) groups excluding carboxylic acids is 1. The Morgan fingerprint density at radius 3 is 3.00 bits per heavy atom. The number of carbonyl (C=O) groups is 1. The first-order valence-corrected chi connectivity index (χ1v) is 7.68. The summed E-state index contributed by atoms with van der Waals surface area (Å²) in [4.78, 5) is 12.3. The van der Waals surface area contributed by atoms with Crippen molar-refractivity contribution in [3.05, 3.63) is 41.0 Å². The molecule has 0 bridgehead atoms. The molecule has 6 heteroatoms. The topological polar surface area (TPSA) is 56.1 Å². The lowest BCUT2D eigenvalue weighted by atomic mass is 10.1. The molecule has 0 aliphatic heterocycles. The van der Waals surface area contributed by atoms with Crippen LogP contribution < -0.4 is 10.1 Å². The van der Waals surface area contributed by atoms with Crippen LogP contribution in [0.25, 0.3) is 0 Å².